The fourth-order valence-electron chi connectivity index (χ4n) is 2.20. The molecule has 0 aliphatic heterocycles. The number of carbonyl (C=O) groups excluding carboxylic acids is 1. The first kappa shape index (κ1) is 17.2. The van der Waals surface area contributed by atoms with Gasteiger partial charge < -0.3 is 14.8 Å². The minimum absolute atomic E-state index is 0.0664. The second-order valence-electron chi connectivity index (χ2n) is 5.02. The quantitative estimate of drug-likeness (QED) is 0.833. The average molecular weight is 334 g/mol. The van der Waals surface area contributed by atoms with Gasteiger partial charge in [-0.05, 0) is 36.2 Å². The van der Waals surface area contributed by atoms with Gasteiger partial charge in [-0.2, -0.15) is 0 Å². The molecule has 0 heterocycles. The topological polar surface area (TPSA) is 47.6 Å². The van der Waals surface area contributed by atoms with Crippen LogP contribution in [0.1, 0.15) is 24.9 Å². The number of rotatable bonds is 7. The van der Waals surface area contributed by atoms with Crippen LogP contribution in [0.2, 0.25) is 5.02 Å². The van der Waals surface area contributed by atoms with E-state index in [1.807, 2.05) is 43.3 Å². The summed E-state index contributed by atoms with van der Waals surface area (Å²) in [6, 6.07) is 14.7. The van der Waals surface area contributed by atoms with Crippen LogP contribution in [0.15, 0.2) is 48.5 Å². The molecule has 2 rings (SSSR count). The molecule has 2 aromatic carbocycles. The van der Waals surface area contributed by atoms with E-state index in [9.17, 15) is 4.79 Å². The fourth-order valence-corrected chi connectivity index (χ4v) is 2.39. The third kappa shape index (κ3) is 4.89. The third-order valence-corrected chi connectivity index (χ3v) is 3.77. The molecular formula is C18H20ClNO3. The number of halogens is 1. The van der Waals surface area contributed by atoms with Crippen LogP contribution in [0.5, 0.6) is 11.5 Å². The van der Waals surface area contributed by atoms with E-state index in [1.165, 1.54) is 0 Å². The number of hydrogen-bond donors (Lipinski definition) is 1. The number of carbonyl (C=O) groups is 1. The molecule has 0 fully saturated rings. The molecule has 0 spiro atoms. The maximum absolute atomic E-state index is 12.1. The highest BCUT2D eigenvalue weighted by Gasteiger charge is 2.13. The number of methoxy groups -OCH3 is 1. The molecule has 0 unspecified atom stereocenters. The van der Waals surface area contributed by atoms with E-state index in [-0.39, 0.29) is 18.6 Å². The standard InChI is InChI=1S/C18H20ClNO3/c1-3-16(13-8-10-14(22-2)11-9-13)20-18(21)12-23-17-7-5-4-6-15(17)19/h4-11,16H,3,12H2,1-2H3,(H,20,21)/t16-/m1/s1. The molecule has 1 N–H and O–H groups in total. The molecule has 1 amide bonds. The van der Waals surface area contributed by atoms with Gasteiger partial charge in [0.1, 0.15) is 11.5 Å². The lowest BCUT2D eigenvalue weighted by Gasteiger charge is -2.18. The molecule has 0 aliphatic carbocycles. The predicted molar refractivity (Wildman–Crippen MR) is 91.1 cm³/mol. The molecule has 1 atom stereocenters. The summed E-state index contributed by atoms with van der Waals surface area (Å²) < 4.78 is 10.6. The normalized spacial score (nSPS) is 11.6. The number of nitrogens with one attached hydrogen (secondary N) is 1. The lowest BCUT2D eigenvalue weighted by molar-refractivity contribution is -0.123. The van der Waals surface area contributed by atoms with E-state index in [2.05, 4.69) is 5.32 Å². The van der Waals surface area contributed by atoms with Gasteiger partial charge in [0.15, 0.2) is 6.61 Å². The van der Waals surface area contributed by atoms with Gasteiger partial charge >= 0.3 is 0 Å². The van der Waals surface area contributed by atoms with Crippen LogP contribution in [0.3, 0.4) is 0 Å². The average Bonchev–Trinajstić information content (AvgIpc) is 2.59. The Balaban J connectivity index is 1.92. The van der Waals surface area contributed by atoms with Crippen LogP contribution in [0, 0.1) is 0 Å². The molecule has 0 radical (unpaired) electrons. The Kier molecular flexibility index (Phi) is 6.29. The summed E-state index contributed by atoms with van der Waals surface area (Å²) in [7, 11) is 1.63. The van der Waals surface area contributed by atoms with Crippen molar-refractivity contribution in [2.24, 2.45) is 0 Å². The van der Waals surface area contributed by atoms with Crippen molar-refractivity contribution in [3.05, 3.63) is 59.1 Å². The molecule has 0 aromatic heterocycles. The Morgan fingerprint density at radius 3 is 2.48 bits per heavy atom. The van der Waals surface area contributed by atoms with Gasteiger partial charge in [0.2, 0.25) is 0 Å². The van der Waals surface area contributed by atoms with Crippen LogP contribution in [-0.4, -0.2) is 19.6 Å². The Morgan fingerprint density at radius 1 is 1.17 bits per heavy atom. The fraction of sp³-hybridized carbons (Fsp3) is 0.278. The monoisotopic (exact) mass is 333 g/mol. The molecule has 5 heteroatoms. The largest absolute Gasteiger partial charge is 0.497 e. The van der Waals surface area contributed by atoms with Crippen molar-refractivity contribution in [1.82, 2.24) is 5.32 Å². The van der Waals surface area contributed by atoms with E-state index >= 15 is 0 Å². The number of benzene rings is 2. The molecule has 122 valence electrons. The van der Waals surface area contributed by atoms with Crippen LogP contribution in [-0.2, 0) is 4.79 Å². The van der Waals surface area contributed by atoms with Gasteiger partial charge in [-0.25, -0.2) is 0 Å². The SMILES string of the molecule is CC[C@@H](NC(=O)COc1ccccc1Cl)c1ccc(OC)cc1. The van der Waals surface area contributed by atoms with Crippen LogP contribution in [0.25, 0.3) is 0 Å². The van der Waals surface area contributed by atoms with E-state index < -0.39 is 0 Å². The Labute approximate surface area is 141 Å². The predicted octanol–water partition coefficient (Wildman–Crippen LogP) is 3.99. The van der Waals surface area contributed by atoms with E-state index in [1.54, 1.807) is 19.2 Å². The summed E-state index contributed by atoms with van der Waals surface area (Å²) in [5.41, 5.74) is 1.03. The smallest absolute Gasteiger partial charge is 0.258 e. The van der Waals surface area contributed by atoms with Crippen molar-refractivity contribution in [3.8, 4) is 11.5 Å². The summed E-state index contributed by atoms with van der Waals surface area (Å²) >= 11 is 6.00. The van der Waals surface area contributed by atoms with Crippen molar-refractivity contribution < 1.29 is 14.3 Å². The van der Waals surface area contributed by atoms with Gasteiger partial charge in [0.25, 0.3) is 5.91 Å². The second-order valence-corrected chi connectivity index (χ2v) is 5.43. The van der Waals surface area contributed by atoms with Crippen LogP contribution >= 0.6 is 11.6 Å². The highest BCUT2D eigenvalue weighted by atomic mass is 35.5. The van der Waals surface area contributed by atoms with E-state index in [0.29, 0.717) is 10.8 Å². The van der Waals surface area contributed by atoms with Crippen molar-refractivity contribution in [1.29, 1.82) is 0 Å². The molecular weight excluding hydrogens is 314 g/mol. The van der Waals surface area contributed by atoms with E-state index in [4.69, 9.17) is 21.1 Å². The zero-order chi connectivity index (χ0) is 16.7. The Hall–Kier alpha value is -2.20. The van der Waals surface area contributed by atoms with Gasteiger partial charge in [-0.15, -0.1) is 0 Å². The van der Waals surface area contributed by atoms with Gasteiger partial charge in [0.05, 0.1) is 18.2 Å². The summed E-state index contributed by atoms with van der Waals surface area (Å²) in [6.45, 7) is 1.94. The van der Waals surface area contributed by atoms with Gasteiger partial charge in [0, 0.05) is 0 Å². The summed E-state index contributed by atoms with van der Waals surface area (Å²) in [5, 5.41) is 3.45. The number of para-hydroxylation sites is 1. The highest BCUT2D eigenvalue weighted by Crippen LogP contribution is 2.23. The molecule has 0 aliphatic rings. The Morgan fingerprint density at radius 2 is 1.87 bits per heavy atom. The number of amides is 1. The molecule has 0 saturated heterocycles. The third-order valence-electron chi connectivity index (χ3n) is 3.46. The Bertz CT molecular complexity index is 643. The molecule has 23 heavy (non-hydrogen) atoms. The van der Waals surface area contributed by atoms with Crippen molar-refractivity contribution >= 4 is 17.5 Å². The number of ether oxygens (including phenoxy) is 2. The lowest BCUT2D eigenvalue weighted by atomic mass is 10.0. The summed E-state index contributed by atoms with van der Waals surface area (Å²) in [5.74, 6) is 1.10. The molecule has 2 aromatic rings. The lowest BCUT2D eigenvalue weighted by Crippen LogP contribution is -2.32. The maximum Gasteiger partial charge on any atom is 0.258 e. The van der Waals surface area contributed by atoms with Crippen molar-refractivity contribution in [2.45, 2.75) is 19.4 Å². The van der Waals surface area contributed by atoms with Crippen LogP contribution in [0.4, 0.5) is 0 Å². The second kappa shape index (κ2) is 8.44. The summed E-state index contributed by atoms with van der Waals surface area (Å²) in [6.07, 6.45) is 0.782. The zero-order valence-electron chi connectivity index (χ0n) is 13.2. The highest BCUT2D eigenvalue weighted by molar-refractivity contribution is 6.32. The van der Waals surface area contributed by atoms with Crippen LogP contribution < -0.4 is 14.8 Å². The minimum atomic E-state index is -0.187. The summed E-state index contributed by atoms with van der Waals surface area (Å²) in [4.78, 5) is 12.1. The first-order valence-corrected chi connectivity index (χ1v) is 7.82. The molecule has 0 bridgehead atoms. The van der Waals surface area contributed by atoms with Gasteiger partial charge in [-0.1, -0.05) is 42.8 Å². The van der Waals surface area contributed by atoms with Gasteiger partial charge in [-0.3, -0.25) is 4.79 Å². The maximum atomic E-state index is 12.1. The zero-order valence-corrected chi connectivity index (χ0v) is 14.0. The first-order chi connectivity index (χ1) is 11.1. The molecule has 0 saturated carbocycles. The van der Waals surface area contributed by atoms with Crippen molar-refractivity contribution in [3.63, 3.8) is 0 Å². The van der Waals surface area contributed by atoms with Crippen molar-refractivity contribution in [2.75, 3.05) is 13.7 Å². The first-order valence-electron chi connectivity index (χ1n) is 7.44. The number of hydrogen-bond acceptors (Lipinski definition) is 3. The molecule has 4 nitrogen and oxygen atoms in total. The minimum Gasteiger partial charge on any atom is -0.497 e. The van der Waals surface area contributed by atoms with E-state index in [0.717, 1.165) is 17.7 Å².